The van der Waals surface area contributed by atoms with Crippen LogP contribution in [0, 0.1) is 10.3 Å². The van der Waals surface area contributed by atoms with Gasteiger partial charge >= 0.3 is 0 Å². The van der Waals surface area contributed by atoms with E-state index in [0.717, 1.165) is 10.3 Å². The predicted molar refractivity (Wildman–Crippen MR) is 120 cm³/mol. The Labute approximate surface area is 184 Å². The summed E-state index contributed by atoms with van der Waals surface area (Å²) in [6, 6.07) is 19.2. The summed E-state index contributed by atoms with van der Waals surface area (Å²) >= 11 is 0. The largest absolute Gasteiger partial charge is 0.473 e. The molecule has 0 bridgehead atoms. The molecule has 8 heteroatoms. The summed E-state index contributed by atoms with van der Waals surface area (Å²) in [6.07, 6.45) is 1.60. The number of pyridine rings is 1. The van der Waals surface area contributed by atoms with Crippen LogP contribution < -0.4 is 15.8 Å². The zero-order valence-electron chi connectivity index (χ0n) is 17.4. The Kier molecular flexibility index (Phi) is 5.76. The molecule has 1 aromatic heterocycles. The summed E-state index contributed by atoms with van der Waals surface area (Å²) in [5.41, 5.74) is 9.42. The number of amides is 1. The molecule has 1 amide bonds. The third kappa shape index (κ3) is 4.24. The lowest BCUT2D eigenvalue weighted by Crippen LogP contribution is -2.24. The van der Waals surface area contributed by atoms with Crippen molar-refractivity contribution in [1.82, 2.24) is 10.3 Å². The highest BCUT2D eigenvalue weighted by Gasteiger charge is 2.34. The van der Waals surface area contributed by atoms with Crippen molar-refractivity contribution in [1.29, 1.82) is 5.41 Å². The molecule has 0 radical (unpaired) electrons. The number of carbonyl (C=O) groups is 1. The van der Waals surface area contributed by atoms with Crippen LogP contribution in [0.1, 0.15) is 22.7 Å². The third-order valence-electron chi connectivity index (χ3n) is 5.18. The predicted octanol–water partition coefficient (Wildman–Crippen LogP) is 3.15. The lowest BCUT2D eigenvalue weighted by Gasteiger charge is -2.17. The first-order chi connectivity index (χ1) is 15.4. The first-order valence-corrected chi connectivity index (χ1v) is 9.97. The van der Waals surface area contributed by atoms with Crippen LogP contribution in [0.3, 0.4) is 0 Å². The normalized spacial score (nSPS) is 15.4. The van der Waals surface area contributed by atoms with E-state index in [0.29, 0.717) is 28.3 Å². The van der Waals surface area contributed by atoms with Gasteiger partial charge in [-0.25, -0.2) is 4.98 Å². The van der Waals surface area contributed by atoms with Gasteiger partial charge in [0.15, 0.2) is 7.05 Å². The van der Waals surface area contributed by atoms with E-state index in [2.05, 4.69) is 10.3 Å². The number of nitrogens with zero attached hydrogens (tertiary/aromatic N) is 2. The number of nitrogens with one attached hydrogen (secondary N) is 2. The number of ether oxygens (including phenoxy) is 1. The van der Waals surface area contributed by atoms with E-state index in [1.165, 1.54) is 7.05 Å². The molecule has 0 aliphatic carbocycles. The van der Waals surface area contributed by atoms with Crippen LogP contribution in [0.25, 0.3) is 0 Å². The van der Waals surface area contributed by atoms with Crippen LogP contribution >= 0.6 is 0 Å². The number of nitrogens with two attached hydrogens (primary N) is 1. The van der Waals surface area contributed by atoms with Gasteiger partial charge in [-0.05, 0) is 22.8 Å². The number of carbonyl (C=O) groups excluding carboxylic acids is 1. The van der Waals surface area contributed by atoms with E-state index in [-0.39, 0.29) is 18.0 Å². The van der Waals surface area contributed by atoms with Gasteiger partial charge in [0.2, 0.25) is 5.88 Å². The molecule has 0 fully saturated rings. The molecule has 2 heterocycles. The molecule has 8 nitrogen and oxygen atoms in total. The second kappa shape index (κ2) is 8.81. The Balaban J connectivity index is 1.51. The molecule has 4 N–H and O–H groups in total. The van der Waals surface area contributed by atoms with Crippen molar-refractivity contribution in [2.45, 2.75) is 12.6 Å². The Morgan fingerprint density at radius 1 is 1.16 bits per heavy atom. The van der Waals surface area contributed by atoms with Crippen LogP contribution in [0.15, 0.2) is 84.2 Å². The van der Waals surface area contributed by atoms with Gasteiger partial charge in [0.25, 0.3) is 11.6 Å². The number of aromatic nitrogens is 1. The SMILES string of the molecule is C[N+](=O)c1cccc(COc2ccc(C3NC(=O)C(N)=C3C(=N)c3ccccc3)cn2)c1. The smallest absolute Gasteiger partial charge is 0.268 e. The molecular weight excluding hydrogens is 406 g/mol. The minimum absolute atomic E-state index is 0.0346. The molecule has 160 valence electrons. The van der Waals surface area contributed by atoms with Crippen LogP contribution in [0.2, 0.25) is 0 Å². The molecule has 1 atom stereocenters. The van der Waals surface area contributed by atoms with E-state index < -0.39 is 11.9 Å². The zero-order chi connectivity index (χ0) is 22.7. The van der Waals surface area contributed by atoms with Crippen molar-refractivity contribution in [3.8, 4) is 5.88 Å². The molecule has 0 spiro atoms. The van der Waals surface area contributed by atoms with E-state index in [1.807, 2.05) is 24.3 Å². The van der Waals surface area contributed by atoms with Gasteiger partial charge < -0.3 is 15.8 Å². The summed E-state index contributed by atoms with van der Waals surface area (Å²) in [7, 11) is 1.44. The zero-order valence-corrected chi connectivity index (χ0v) is 17.4. The highest BCUT2D eigenvalue weighted by Crippen LogP contribution is 2.31. The molecule has 1 unspecified atom stereocenters. The fourth-order valence-electron chi connectivity index (χ4n) is 3.50. The number of hydrogen-bond donors (Lipinski definition) is 3. The van der Waals surface area contributed by atoms with Crippen molar-refractivity contribution in [2.24, 2.45) is 5.73 Å². The fraction of sp³-hybridized carbons (Fsp3) is 0.125. The fourth-order valence-corrected chi connectivity index (χ4v) is 3.50. The first kappa shape index (κ1) is 20.9. The quantitative estimate of drug-likeness (QED) is 0.394. The maximum absolute atomic E-state index is 12.2. The van der Waals surface area contributed by atoms with E-state index in [4.69, 9.17) is 15.9 Å². The van der Waals surface area contributed by atoms with Crippen LogP contribution in [-0.2, 0) is 11.4 Å². The Morgan fingerprint density at radius 2 is 1.94 bits per heavy atom. The molecule has 3 aromatic rings. The Bertz CT molecular complexity index is 1220. The highest BCUT2D eigenvalue weighted by molar-refractivity contribution is 6.17. The molecule has 32 heavy (non-hydrogen) atoms. The van der Waals surface area contributed by atoms with E-state index in [9.17, 15) is 9.70 Å². The minimum Gasteiger partial charge on any atom is -0.473 e. The highest BCUT2D eigenvalue weighted by atomic mass is 16.5. The second-order valence-corrected chi connectivity index (χ2v) is 7.36. The summed E-state index contributed by atoms with van der Waals surface area (Å²) in [6.45, 7) is 0.255. The second-order valence-electron chi connectivity index (χ2n) is 7.36. The van der Waals surface area contributed by atoms with E-state index >= 15 is 0 Å². The summed E-state index contributed by atoms with van der Waals surface area (Å²) in [5, 5.41) is 11.4. The monoisotopic (exact) mass is 428 g/mol. The lowest BCUT2D eigenvalue weighted by molar-refractivity contribution is -0.428. The minimum atomic E-state index is -0.568. The maximum Gasteiger partial charge on any atom is 0.268 e. The van der Waals surface area contributed by atoms with Crippen LogP contribution in [0.5, 0.6) is 5.88 Å². The van der Waals surface area contributed by atoms with Crippen molar-refractivity contribution in [2.75, 3.05) is 7.05 Å². The van der Waals surface area contributed by atoms with Gasteiger partial charge in [-0.3, -0.25) is 10.2 Å². The molecular formula is C24H22N5O3+. The van der Waals surface area contributed by atoms with Crippen molar-refractivity contribution >= 4 is 17.3 Å². The van der Waals surface area contributed by atoms with Gasteiger partial charge in [-0.1, -0.05) is 42.5 Å². The summed E-state index contributed by atoms with van der Waals surface area (Å²) in [4.78, 5) is 28.0. The molecule has 1 aliphatic heterocycles. The number of rotatable bonds is 7. The van der Waals surface area contributed by atoms with Crippen molar-refractivity contribution < 1.29 is 14.3 Å². The molecule has 4 rings (SSSR count). The molecule has 0 saturated carbocycles. The number of nitroso groups, excluding NO2 is 1. The summed E-state index contributed by atoms with van der Waals surface area (Å²) < 4.78 is 6.52. The first-order valence-electron chi connectivity index (χ1n) is 9.97. The van der Waals surface area contributed by atoms with Crippen LogP contribution in [0.4, 0.5) is 5.69 Å². The van der Waals surface area contributed by atoms with Crippen molar-refractivity contribution in [3.63, 3.8) is 0 Å². The van der Waals surface area contributed by atoms with Gasteiger partial charge in [0.05, 0.1) is 11.8 Å². The van der Waals surface area contributed by atoms with Gasteiger partial charge in [0.1, 0.15) is 12.3 Å². The van der Waals surface area contributed by atoms with E-state index in [1.54, 1.807) is 48.7 Å². The molecule has 1 aliphatic rings. The average Bonchev–Trinajstić information content (AvgIpc) is 3.12. The third-order valence-corrected chi connectivity index (χ3v) is 5.18. The Hall–Kier alpha value is -4.33. The topological polar surface area (TPSA) is 121 Å². The number of hydrogen-bond acceptors (Lipinski definition) is 6. The Morgan fingerprint density at radius 3 is 2.62 bits per heavy atom. The lowest BCUT2D eigenvalue weighted by atomic mass is 9.93. The average molecular weight is 428 g/mol. The van der Waals surface area contributed by atoms with Gasteiger partial charge in [0, 0.05) is 39.6 Å². The standard InChI is InChI=1S/C24H21N5O3/c1-29(31)18-9-5-6-15(12-18)14-32-19-11-10-17(13-27-19)23-20(22(26)24(30)28-23)21(25)16-7-3-2-4-8-16/h2-13,23H,14H2,1H3,(H3-,25,26,28,30)/p+1. The van der Waals surface area contributed by atoms with Crippen LogP contribution in [-0.4, -0.2) is 28.4 Å². The van der Waals surface area contributed by atoms with Crippen molar-refractivity contribution in [3.05, 3.63) is 106 Å². The van der Waals surface area contributed by atoms with Gasteiger partial charge in [-0.15, -0.1) is 0 Å². The van der Waals surface area contributed by atoms with Gasteiger partial charge in [-0.2, -0.15) is 0 Å². The summed E-state index contributed by atoms with van der Waals surface area (Å²) in [5.74, 6) is -0.00942. The number of benzene rings is 2. The molecule has 0 saturated heterocycles. The molecule has 2 aromatic carbocycles. The maximum atomic E-state index is 12.2.